The van der Waals surface area contributed by atoms with Crippen molar-refractivity contribution in [1.29, 1.82) is 0 Å². The molecule has 1 fully saturated rings. The van der Waals surface area contributed by atoms with Gasteiger partial charge in [-0.3, -0.25) is 14.7 Å². The van der Waals surface area contributed by atoms with E-state index in [-0.39, 0.29) is 11.8 Å². The summed E-state index contributed by atoms with van der Waals surface area (Å²) >= 11 is 0. The van der Waals surface area contributed by atoms with Crippen LogP contribution in [-0.2, 0) is 11.3 Å². The summed E-state index contributed by atoms with van der Waals surface area (Å²) in [6.45, 7) is 5.45. The Hall–Kier alpha value is -1.69. The molecule has 1 aliphatic rings. The maximum Gasteiger partial charge on any atom is 0.224 e. The van der Waals surface area contributed by atoms with E-state index in [1.54, 1.807) is 13.2 Å². The molecular weight excluding hydrogens is 254 g/mol. The number of hydrogen-bond donors (Lipinski definition) is 2. The summed E-state index contributed by atoms with van der Waals surface area (Å²) in [5, 5.41) is 5.87. The molecule has 1 amide bonds. The molecule has 0 radical (unpaired) electrons. The van der Waals surface area contributed by atoms with Gasteiger partial charge in [0.25, 0.3) is 0 Å². The number of amides is 1. The summed E-state index contributed by atoms with van der Waals surface area (Å²) in [7, 11) is 1.70. The van der Waals surface area contributed by atoms with E-state index in [4.69, 9.17) is 0 Å². The van der Waals surface area contributed by atoms with Crippen molar-refractivity contribution >= 4 is 11.7 Å². The van der Waals surface area contributed by atoms with E-state index in [1.165, 1.54) is 0 Å². The highest BCUT2D eigenvalue weighted by molar-refractivity contribution is 5.78. The SMILES string of the molecule is CCNc1cnc(CN2CCCC(C(=O)NC)C2)cn1. The lowest BCUT2D eigenvalue weighted by atomic mass is 9.97. The molecule has 0 aromatic carbocycles. The summed E-state index contributed by atoms with van der Waals surface area (Å²) < 4.78 is 0. The molecule has 20 heavy (non-hydrogen) atoms. The van der Waals surface area contributed by atoms with Crippen molar-refractivity contribution in [2.75, 3.05) is 32.0 Å². The first-order valence-electron chi connectivity index (χ1n) is 7.21. The molecule has 2 N–H and O–H groups in total. The van der Waals surface area contributed by atoms with Crippen LogP contribution < -0.4 is 10.6 Å². The van der Waals surface area contributed by atoms with E-state index in [1.807, 2.05) is 13.1 Å². The second kappa shape index (κ2) is 7.19. The fraction of sp³-hybridized carbons (Fsp3) is 0.643. The molecule has 0 aliphatic carbocycles. The Bertz CT molecular complexity index is 434. The number of carbonyl (C=O) groups excluding carboxylic acids is 1. The molecule has 0 bridgehead atoms. The number of piperidine rings is 1. The van der Waals surface area contributed by atoms with E-state index >= 15 is 0 Å². The van der Waals surface area contributed by atoms with Gasteiger partial charge >= 0.3 is 0 Å². The number of anilines is 1. The molecule has 1 saturated heterocycles. The van der Waals surface area contributed by atoms with E-state index in [0.29, 0.717) is 0 Å². The Morgan fingerprint density at radius 2 is 2.30 bits per heavy atom. The first kappa shape index (κ1) is 14.7. The Morgan fingerprint density at radius 3 is 2.95 bits per heavy atom. The van der Waals surface area contributed by atoms with E-state index in [2.05, 4.69) is 25.5 Å². The molecule has 1 aliphatic heterocycles. The predicted octanol–water partition coefficient (Wildman–Crippen LogP) is 0.866. The molecule has 0 spiro atoms. The maximum atomic E-state index is 11.7. The topological polar surface area (TPSA) is 70.2 Å². The molecule has 0 saturated carbocycles. The number of likely N-dealkylation sites (tertiary alicyclic amines) is 1. The van der Waals surface area contributed by atoms with Gasteiger partial charge < -0.3 is 10.6 Å². The molecule has 1 aromatic heterocycles. The van der Waals surface area contributed by atoms with Crippen molar-refractivity contribution < 1.29 is 4.79 Å². The zero-order valence-corrected chi connectivity index (χ0v) is 12.2. The van der Waals surface area contributed by atoms with Crippen LogP contribution in [0.5, 0.6) is 0 Å². The van der Waals surface area contributed by atoms with Gasteiger partial charge in [0.2, 0.25) is 5.91 Å². The summed E-state index contributed by atoms with van der Waals surface area (Å²) in [6.07, 6.45) is 5.60. The molecule has 110 valence electrons. The number of aromatic nitrogens is 2. The molecule has 6 nitrogen and oxygen atoms in total. The number of carbonyl (C=O) groups is 1. The third-order valence-electron chi connectivity index (χ3n) is 3.57. The number of nitrogens with one attached hydrogen (secondary N) is 2. The van der Waals surface area contributed by atoms with Gasteiger partial charge in [0.15, 0.2) is 0 Å². The number of rotatable bonds is 5. The van der Waals surface area contributed by atoms with E-state index in [9.17, 15) is 4.79 Å². The summed E-state index contributed by atoms with van der Waals surface area (Å²) in [4.78, 5) is 22.7. The van der Waals surface area contributed by atoms with Gasteiger partial charge in [0, 0.05) is 26.7 Å². The number of hydrogen-bond acceptors (Lipinski definition) is 5. The maximum absolute atomic E-state index is 11.7. The lowest BCUT2D eigenvalue weighted by Gasteiger charge is -2.31. The van der Waals surface area contributed by atoms with E-state index in [0.717, 1.165) is 50.5 Å². The van der Waals surface area contributed by atoms with Crippen LogP contribution in [0.4, 0.5) is 5.82 Å². The van der Waals surface area contributed by atoms with Crippen LogP contribution in [0.3, 0.4) is 0 Å². The van der Waals surface area contributed by atoms with Crippen LogP contribution in [0.25, 0.3) is 0 Å². The van der Waals surface area contributed by atoms with Crippen molar-refractivity contribution in [2.45, 2.75) is 26.3 Å². The quantitative estimate of drug-likeness (QED) is 0.835. The third kappa shape index (κ3) is 3.90. The summed E-state index contributed by atoms with van der Waals surface area (Å²) in [5.74, 6) is 1.05. The Kier molecular flexibility index (Phi) is 5.29. The molecule has 2 heterocycles. The first-order valence-corrected chi connectivity index (χ1v) is 7.21. The summed E-state index contributed by atoms with van der Waals surface area (Å²) in [5.41, 5.74) is 0.948. The Morgan fingerprint density at radius 1 is 1.45 bits per heavy atom. The van der Waals surface area contributed by atoms with Crippen LogP contribution in [0.2, 0.25) is 0 Å². The van der Waals surface area contributed by atoms with Crippen LogP contribution in [0.1, 0.15) is 25.5 Å². The van der Waals surface area contributed by atoms with Gasteiger partial charge in [-0.1, -0.05) is 0 Å². The van der Waals surface area contributed by atoms with Crippen molar-refractivity contribution in [3.63, 3.8) is 0 Å². The lowest BCUT2D eigenvalue weighted by molar-refractivity contribution is -0.126. The summed E-state index contributed by atoms with van der Waals surface area (Å²) in [6, 6.07) is 0. The normalized spacial score (nSPS) is 19.6. The highest BCUT2D eigenvalue weighted by atomic mass is 16.1. The standard InChI is InChI=1S/C14H23N5O/c1-3-16-13-8-17-12(7-18-13)10-19-6-4-5-11(9-19)14(20)15-2/h7-8,11H,3-6,9-10H2,1-2H3,(H,15,20)(H,16,18). The molecule has 1 atom stereocenters. The number of nitrogens with zero attached hydrogens (tertiary/aromatic N) is 3. The van der Waals surface area contributed by atoms with Crippen molar-refractivity contribution in [3.8, 4) is 0 Å². The lowest BCUT2D eigenvalue weighted by Crippen LogP contribution is -2.41. The predicted molar refractivity (Wildman–Crippen MR) is 78.3 cm³/mol. The van der Waals surface area contributed by atoms with Crippen molar-refractivity contribution in [1.82, 2.24) is 20.2 Å². The van der Waals surface area contributed by atoms with Crippen LogP contribution >= 0.6 is 0 Å². The minimum absolute atomic E-state index is 0.0998. The molecule has 1 unspecified atom stereocenters. The second-order valence-electron chi connectivity index (χ2n) is 5.11. The fourth-order valence-electron chi connectivity index (χ4n) is 2.56. The highest BCUT2D eigenvalue weighted by Gasteiger charge is 2.25. The molecule has 1 aromatic rings. The second-order valence-corrected chi connectivity index (χ2v) is 5.11. The van der Waals surface area contributed by atoms with Crippen LogP contribution in [0.15, 0.2) is 12.4 Å². The van der Waals surface area contributed by atoms with Gasteiger partial charge in [-0.25, -0.2) is 4.98 Å². The van der Waals surface area contributed by atoms with Crippen LogP contribution in [-0.4, -0.2) is 47.5 Å². The minimum Gasteiger partial charge on any atom is -0.369 e. The Balaban J connectivity index is 1.90. The molecular formula is C14H23N5O. The van der Waals surface area contributed by atoms with E-state index < -0.39 is 0 Å². The highest BCUT2D eigenvalue weighted by Crippen LogP contribution is 2.18. The van der Waals surface area contributed by atoms with Gasteiger partial charge in [-0.15, -0.1) is 0 Å². The Labute approximate surface area is 120 Å². The average Bonchev–Trinajstić information content (AvgIpc) is 2.49. The smallest absolute Gasteiger partial charge is 0.224 e. The minimum atomic E-state index is 0.0998. The molecule has 2 rings (SSSR count). The van der Waals surface area contributed by atoms with Gasteiger partial charge in [-0.05, 0) is 26.3 Å². The average molecular weight is 277 g/mol. The van der Waals surface area contributed by atoms with Crippen molar-refractivity contribution in [2.24, 2.45) is 5.92 Å². The molecule has 6 heteroatoms. The van der Waals surface area contributed by atoms with Gasteiger partial charge in [0.1, 0.15) is 5.82 Å². The monoisotopic (exact) mass is 277 g/mol. The zero-order chi connectivity index (χ0) is 14.4. The van der Waals surface area contributed by atoms with Gasteiger partial charge in [-0.2, -0.15) is 0 Å². The first-order chi connectivity index (χ1) is 9.72. The van der Waals surface area contributed by atoms with Crippen LogP contribution in [0, 0.1) is 5.92 Å². The van der Waals surface area contributed by atoms with Crippen molar-refractivity contribution in [3.05, 3.63) is 18.1 Å². The zero-order valence-electron chi connectivity index (χ0n) is 12.2. The largest absolute Gasteiger partial charge is 0.369 e. The third-order valence-corrected chi connectivity index (χ3v) is 3.57. The van der Waals surface area contributed by atoms with Gasteiger partial charge in [0.05, 0.1) is 24.0 Å². The fourth-order valence-corrected chi connectivity index (χ4v) is 2.56.